The maximum atomic E-state index is 8.25. The standard InChI is InChI=1S/C3H9NO.ClH/c1-3(5)4-2;/h3-5H,1-2H3;1H. The smallest absolute Gasteiger partial charge is 0.101 e. The van der Waals surface area contributed by atoms with Gasteiger partial charge in [0, 0.05) is 0 Å². The summed E-state index contributed by atoms with van der Waals surface area (Å²) in [5.74, 6) is 0. The zero-order valence-electron chi connectivity index (χ0n) is 3.93. The maximum absolute atomic E-state index is 8.25. The lowest BCUT2D eigenvalue weighted by Crippen LogP contribution is -2.19. The van der Waals surface area contributed by atoms with Crippen LogP contribution in [0.2, 0.25) is 0 Å². The Balaban J connectivity index is 0. The first-order valence-electron chi connectivity index (χ1n) is 1.62. The molecule has 0 spiro atoms. The third kappa shape index (κ3) is 8.88. The number of rotatable bonds is 1. The van der Waals surface area contributed by atoms with E-state index in [4.69, 9.17) is 5.11 Å². The fourth-order valence-electron chi connectivity index (χ4n) is 0. The van der Waals surface area contributed by atoms with E-state index in [9.17, 15) is 0 Å². The third-order valence-corrected chi connectivity index (χ3v) is 0.418. The summed E-state index contributed by atoms with van der Waals surface area (Å²) in [7, 11) is 1.70. The van der Waals surface area contributed by atoms with Gasteiger partial charge in [0.05, 0.1) is 0 Å². The van der Waals surface area contributed by atoms with E-state index < -0.39 is 0 Å². The number of halogens is 1. The molecule has 0 saturated heterocycles. The van der Waals surface area contributed by atoms with Crippen LogP contribution in [0.4, 0.5) is 0 Å². The number of aliphatic hydroxyl groups is 1. The molecule has 2 N–H and O–H groups in total. The van der Waals surface area contributed by atoms with Crippen molar-refractivity contribution in [3.63, 3.8) is 0 Å². The highest BCUT2D eigenvalue weighted by Gasteiger charge is 1.78. The molecule has 0 heterocycles. The van der Waals surface area contributed by atoms with Crippen molar-refractivity contribution in [2.24, 2.45) is 0 Å². The molecule has 0 fully saturated rings. The second-order valence-corrected chi connectivity index (χ2v) is 0.965. The Kier molecular flexibility index (Phi) is 8.26. The summed E-state index contributed by atoms with van der Waals surface area (Å²) in [6.07, 6.45) is -0.366. The Morgan fingerprint density at radius 3 is 1.83 bits per heavy atom. The fraction of sp³-hybridized carbons (Fsp3) is 1.00. The highest BCUT2D eigenvalue weighted by molar-refractivity contribution is 5.85. The first kappa shape index (κ1) is 9.51. The van der Waals surface area contributed by atoms with E-state index >= 15 is 0 Å². The summed E-state index contributed by atoms with van der Waals surface area (Å²) in [5, 5.41) is 10.8. The van der Waals surface area contributed by atoms with Crippen LogP contribution in [0.25, 0.3) is 0 Å². The monoisotopic (exact) mass is 111 g/mol. The van der Waals surface area contributed by atoms with Crippen molar-refractivity contribution in [1.82, 2.24) is 5.32 Å². The van der Waals surface area contributed by atoms with E-state index in [2.05, 4.69) is 5.32 Å². The molecule has 0 aliphatic heterocycles. The summed E-state index contributed by atoms with van der Waals surface area (Å²) in [6, 6.07) is 0. The molecule has 6 heavy (non-hydrogen) atoms. The number of hydrogen-bond donors (Lipinski definition) is 2. The molecule has 0 aromatic heterocycles. The van der Waals surface area contributed by atoms with Crippen molar-refractivity contribution in [1.29, 1.82) is 0 Å². The Hall–Kier alpha value is 0.210. The van der Waals surface area contributed by atoms with Crippen LogP contribution in [0.15, 0.2) is 0 Å². The molecule has 0 aromatic carbocycles. The van der Waals surface area contributed by atoms with Gasteiger partial charge in [-0.25, -0.2) is 0 Å². The lowest BCUT2D eigenvalue weighted by molar-refractivity contribution is 0.167. The molecule has 0 amide bonds. The van der Waals surface area contributed by atoms with Gasteiger partial charge in [-0.2, -0.15) is 0 Å². The second-order valence-electron chi connectivity index (χ2n) is 0.965. The minimum absolute atomic E-state index is 0. The summed E-state index contributed by atoms with van der Waals surface area (Å²) in [6.45, 7) is 1.67. The molecule has 1 unspecified atom stereocenters. The van der Waals surface area contributed by atoms with Crippen molar-refractivity contribution in [3.8, 4) is 0 Å². The van der Waals surface area contributed by atoms with Gasteiger partial charge in [0.25, 0.3) is 0 Å². The van der Waals surface area contributed by atoms with Crippen LogP contribution in [0, 0.1) is 0 Å². The van der Waals surface area contributed by atoms with Gasteiger partial charge in [0.15, 0.2) is 0 Å². The lowest BCUT2D eigenvalue weighted by atomic mass is 10.7. The van der Waals surface area contributed by atoms with E-state index in [-0.39, 0.29) is 18.6 Å². The normalized spacial score (nSPS) is 12.5. The van der Waals surface area contributed by atoms with E-state index in [1.54, 1.807) is 14.0 Å². The van der Waals surface area contributed by atoms with E-state index in [0.717, 1.165) is 0 Å². The van der Waals surface area contributed by atoms with E-state index in [1.807, 2.05) is 0 Å². The molecule has 0 radical (unpaired) electrons. The van der Waals surface area contributed by atoms with Crippen molar-refractivity contribution < 1.29 is 5.11 Å². The highest BCUT2D eigenvalue weighted by Crippen LogP contribution is 1.59. The van der Waals surface area contributed by atoms with Gasteiger partial charge in [0.2, 0.25) is 0 Å². The third-order valence-electron chi connectivity index (χ3n) is 0.418. The largest absolute Gasteiger partial charge is 0.379 e. The van der Waals surface area contributed by atoms with Gasteiger partial charge in [-0.1, -0.05) is 0 Å². The SMILES string of the molecule is CNC(C)O.Cl. The Morgan fingerprint density at radius 1 is 1.67 bits per heavy atom. The zero-order chi connectivity index (χ0) is 4.28. The molecule has 40 valence electrons. The molecule has 0 rings (SSSR count). The van der Waals surface area contributed by atoms with E-state index in [1.165, 1.54) is 0 Å². The topological polar surface area (TPSA) is 32.3 Å². The van der Waals surface area contributed by atoms with Crippen LogP contribution in [-0.4, -0.2) is 18.4 Å². The van der Waals surface area contributed by atoms with Crippen LogP contribution in [0.3, 0.4) is 0 Å². The number of hydrogen-bond acceptors (Lipinski definition) is 2. The van der Waals surface area contributed by atoms with E-state index in [0.29, 0.717) is 0 Å². The summed E-state index contributed by atoms with van der Waals surface area (Å²) >= 11 is 0. The molecule has 3 heteroatoms. The van der Waals surface area contributed by atoms with Crippen LogP contribution in [0.1, 0.15) is 6.92 Å². The van der Waals surface area contributed by atoms with Crippen molar-refractivity contribution in [2.75, 3.05) is 7.05 Å². The van der Waals surface area contributed by atoms with Crippen molar-refractivity contribution in [3.05, 3.63) is 0 Å². The Labute approximate surface area is 44.0 Å². The second kappa shape index (κ2) is 5.21. The Bertz CT molecular complexity index is 24.8. The van der Waals surface area contributed by atoms with Gasteiger partial charge in [0.1, 0.15) is 6.23 Å². The van der Waals surface area contributed by atoms with Gasteiger partial charge >= 0.3 is 0 Å². The Morgan fingerprint density at radius 2 is 1.83 bits per heavy atom. The fourth-order valence-corrected chi connectivity index (χ4v) is 0. The van der Waals surface area contributed by atoms with Crippen LogP contribution >= 0.6 is 12.4 Å². The average Bonchev–Trinajstić information content (AvgIpc) is 1.38. The molecular formula is C3H10ClNO. The maximum Gasteiger partial charge on any atom is 0.101 e. The summed E-state index contributed by atoms with van der Waals surface area (Å²) in [4.78, 5) is 0. The molecule has 0 aromatic rings. The van der Waals surface area contributed by atoms with Crippen LogP contribution < -0.4 is 5.32 Å². The highest BCUT2D eigenvalue weighted by atomic mass is 35.5. The summed E-state index contributed by atoms with van der Waals surface area (Å²) in [5.41, 5.74) is 0. The van der Waals surface area contributed by atoms with Gasteiger partial charge in [-0.05, 0) is 14.0 Å². The first-order chi connectivity index (χ1) is 2.27. The van der Waals surface area contributed by atoms with Crippen LogP contribution in [-0.2, 0) is 0 Å². The molecule has 2 nitrogen and oxygen atoms in total. The predicted molar refractivity (Wildman–Crippen MR) is 28.0 cm³/mol. The average molecular weight is 112 g/mol. The minimum atomic E-state index is -0.366. The summed E-state index contributed by atoms with van der Waals surface area (Å²) < 4.78 is 0. The van der Waals surface area contributed by atoms with Crippen molar-refractivity contribution in [2.45, 2.75) is 13.2 Å². The molecule has 0 aliphatic rings. The quantitative estimate of drug-likeness (QED) is 0.466. The van der Waals surface area contributed by atoms with Gasteiger partial charge in [-0.15, -0.1) is 12.4 Å². The molecule has 0 bridgehead atoms. The molecule has 0 saturated carbocycles. The molecule has 1 atom stereocenters. The number of aliphatic hydroxyl groups excluding tert-OH is 1. The van der Waals surface area contributed by atoms with Crippen molar-refractivity contribution >= 4 is 12.4 Å². The van der Waals surface area contributed by atoms with Gasteiger partial charge < -0.3 is 5.11 Å². The molecule has 0 aliphatic carbocycles. The van der Waals surface area contributed by atoms with Crippen LogP contribution in [0.5, 0.6) is 0 Å². The molecular weight excluding hydrogens is 101 g/mol. The first-order valence-corrected chi connectivity index (χ1v) is 1.62. The lowest BCUT2D eigenvalue weighted by Gasteiger charge is -1.94. The number of nitrogens with one attached hydrogen (secondary N) is 1. The van der Waals surface area contributed by atoms with Gasteiger partial charge in [-0.3, -0.25) is 5.32 Å². The minimum Gasteiger partial charge on any atom is -0.379 e. The zero-order valence-corrected chi connectivity index (χ0v) is 4.75. The predicted octanol–water partition coefficient (Wildman–Crippen LogP) is -0.0341.